The van der Waals surface area contributed by atoms with Gasteiger partial charge in [-0.25, -0.2) is 4.79 Å². The van der Waals surface area contributed by atoms with Crippen LogP contribution in [0.3, 0.4) is 0 Å². The summed E-state index contributed by atoms with van der Waals surface area (Å²) in [5.74, 6) is 1.25. The third kappa shape index (κ3) is 4.11. The zero-order valence-electron chi connectivity index (χ0n) is 16.7. The molecule has 152 valence electrons. The molecule has 1 atom stereocenters. The zero-order valence-corrected chi connectivity index (χ0v) is 16.7. The van der Waals surface area contributed by atoms with Crippen LogP contribution in [0.25, 0.3) is 0 Å². The zero-order chi connectivity index (χ0) is 21.0. The van der Waals surface area contributed by atoms with Crippen LogP contribution < -0.4 is 30.2 Å². The molecule has 0 saturated heterocycles. The Morgan fingerprint density at radius 3 is 2.41 bits per heavy atom. The number of rotatable bonds is 6. The summed E-state index contributed by atoms with van der Waals surface area (Å²) in [6, 6.07) is 11.2. The number of hydrogen-bond donors (Lipinski definition) is 3. The summed E-state index contributed by atoms with van der Waals surface area (Å²) in [7, 11) is 4.60. The van der Waals surface area contributed by atoms with Crippen LogP contribution in [0.2, 0.25) is 0 Å². The highest BCUT2D eigenvalue weighted by Crippen LogP contribution is 2.36. The molecule has 0 aromatic heterocycles. The van der Waals surface area contributed by atoms with Gasteiger partial charge in [-0.05, 0) is 37.3 Å². The fourth-order valence-corrected chi connectivity index (χ4v) is 3.23. The molecule has 3 rings (SSSR count). The summed E-state index contributed by atoms with van der Waals surface area (Å²) >= 11 is 0. The molecule has 3 N–H and O–H groups in total. The van der Waals surface area contributed by atoms with Crippen molar-refractivity contribution in [3.05, 3.63) is 59.3 Å². The normalized spacial score (nSPS) is 15.9. The Bertz CT molecular complexity index is 971. The van der Waals surface area contributed by atoms with Crippen molar-refractivity contribution in [1.29, 1.82) is 0 Å². The number of carbonyl (C=O) groups is 2. The van der Waals surface area contributed by atoms with E-state index in [9.17, 15) is 9.59 Å². The molecular weight excluding hydrogens is 374 g/mol. The molecule has 8 heteroatoms. The molecule has 0 fully saturated rings. The molecule has 2 aromatic carbocycles. The number of hydrogen-bond acceptors (Lipinski definition) is 5. The quantitative estimate of drug-likeness (QED) is 0.696. The molecular formula is C21H23N3O5. The number of allylic oxidation sites excluding steroid dienone is 1. The van der Waals surface area contributed by atoms with Gasteiger partial charge in [0.25, 0.3) is 5.91 Å². The lowest BCUT2D eigenvalue weighted by Gasteiger charge is -2.29. The van der Waals surface area contributed by atoms with Gasteiger partial charge in [0, 0.05) is 11.3 Å². The van der Waals surface area contributed by atoms with E-state index in [1.807, 2.05) is 6.07 Å². The minimum absolute atomic E-state index is 0.349. The topological polar surface area (TPSA) is 97.9 Å². The number of amides is 3. The number of para-hydroxylation sites is 2. The molecule has 0 unspecified atom stereocenters. The first-order chi connectivity index (χ1) is 14.0. The standard InChI is InChI=1S/C21H23N3O5/c1-12-18(20(25)23-15-7-5-6-8-17(15)29-4)19(24-21(26)22-12)14-11-13(27-2)9-10-16(14)28-3/h5-11,19H,1-4H3,(H,23,25)(H2,22,24,26)/t19-/m0/s1. The maximum absolute atomic E-state index is 13.2. The highest BCUT2D eigenvalue weighted by molar-refractivity contribution is 6.07. The van der Waals surface area contributed by atoms with Crippen molar-refractivity contribution in [2.45, 2.75) is 13.0 Å². The van der Waals surface area contributed by atoms with Crippen LogP contribution in [0.5, 0.6) is 17.2 Å². The van der Waals surface area contributed by atoms with Crippen molar-refractivity contribution in [2.24, 2.45) is 0 Å². The van der Waals surface area contributed by atoms with Crippen molar-refractivity contribution in [3.8, 4) is 17.2 Å². The number of urea groups is 1. The molecule has 0 spiro atoms. The average Bonchev–Trinajstić information content (AvgIpc) is 2.72. The summed E-state index contributed by atoms with van der Waals surface area (Å²) in [6.45, 7) is 1.68. The van der Waals surface area contributed by atoms with Crippen LogP contribution in [0, 0.1) is 0 Å². The summed E-state index contributed by atoms with van der Waals surface area (Å²) < 4.78 is 16.1. The third-order valence-corrected chi connectivity index (χ3v) is 4.62. The van der Waals surface area contributed by atoms with Gasteiger partial charge in [-0.3, -0.25) is 4.79 Å². The van der Waals surface area contributed by atoms with Gasteiger partial charge in [0.15, 0.2) is 0 Å². The number of carbonyl (C=O) groups excluding carboxylic acids is 2. The van der Waals surface area contributed by atoms with E-state index in [4.69, 9.17) is 14.2 Å². The van der Waals surface area contributed by atoms with Crippen LogP contribution in [-0.2, 0) is 4.79 Å². The average molecular weight is 397 g/mol. The van der Waals surface area contributed by atoms with E-state index in [1.165, 1.54) is 14.2 Å². The van der Waals surface area contributed by atoms with E-state index in [0.717, 1.165) is 0 Å². The van der Waals surface area contributed by atoms with E-state index < -0.39 is 12.1 Å². The molecule has 2 aromatic rings. The van der Waals surface area contributed by atoms with E-state index in [0.29, 0.717) is 39.8 Å². The van der Waals surface area contributed by atoms with Gasteiger partial charge in [-0.2, -0.15) is 0 Å². The van der Waals surface area contributed by atoms with Crippen LogP contribution in [-0.4, -0.2) is 33.3 Å². The second-order valence-electron chi connectivity index (χ2n) is 6.33. The van der Waals surface area contributed by atoms with Gasteiger partial charge in [-0.1, -0.05) is 12.1 Å². The van der Waals surface area contributed by atoms with E-state index in [1.54, 1.807) is 50.4 Å². The molecule has 0 radical (unpaired) electrons. The number of anilines is 1. The van der Waals surface area contributed by atoms with Crippen molar-refractivity contribution in [2.75, 3.05) is 26.6 Å². The smallest absolute Gasteiger partial charge is 0.319 e. The molecule has 8 nitrogen and oxygen atoms in total. The number of methoxy groups -OCH3 is 3. The van der Waals surface area contributed by atoms with Gasteiger partial charge in [0.2, 0.25) is 0 Å². The molecule has 29 heavy (non-hydrogen) atoms. The van der Waals surface area contributed by atoms with E-state index >= 15 is 0 Å². The van der Waals surface area contributed by atoms with Crippen LogP contribution in [0.1, 0.15) is 18.5 Å². The van der Waals surface area contributed by atoms with Crippen molar-refractivity contribution < 1.29 is 23.8 Å². The van der Waals surface area contributed by atoms with Crippen LogP contribution in [0.4, 0.5) is 10.5 Å². The number of benzene rings is 2. The second-order valence-corrected chi connectivity index (χ2v) is 6.33. The van der Waals surface area contributed by atoms with Gasteiger partial charge < -0.3 is 30.2 Å². The first kappa shape index (κ1) is 20.1. The lowest BCUT2D eigenvalue weighted by molar-refractivity contribution is -0.113. The SMILES string of the molecule is COc1ccc(OC)c([C@@H]2NC(=O)NC(C)=C2C(=O)Nc2ccccc2OC)c1. The maximum Gasteiger partial charge on any atom is 0.319 e. The highest BCUT2D eigenvalue weighted by atomic mass is 16.5. The summed E-state index contributed by atoms with van der Waals surface area (Å²) in [4.78, 5) is 25.4. The lowest BCUT2D eigenvalue weighted by Crippen LogP contribution is -2.46. The Balaban J connectivity index is 2.04. The van der Waals surface area contributed by atoms with Gasteiger partial charge in [0.1, 0.15) is 17.2 Å². The Morgan fingerprint density at radius 2 is 1.72 bits per heavy atom. The molecule has 0 bridgehead atoms. The maximum atomic E-state index is 13.2. The van der Waals surface area contributed by atoms with Crippen LogP contribution in [0.15, 0.2) is 53.7 Å². The Kier molecular flexibility index (Phi) is 5.92. The Labute approximate surface area is 168 Å². The number of ether oxygens (including phenoxy) is 3. The van der Waals surface area contributed by atoms with Crippen molar-refractivity contribution >= 4 is 17.6 Å². The largest absolute Gasteiger partial charge is 0.497 e. The minimum Gasteiger partial charge on any atom is -0.497 e. The van der Waals surface area contributed by atoms with Crippen molar-refractivity contribution in [1.82, 2.24) is 10.6 Å². The molecule has 0 saturated carbocycles. The van der Waals surface area contributed by atoms with Crippen LogP contribution >= 0.6 is 0 Å². The minimum atomic E-state index is -0.733. The van der Waals surface area contributed by atoms with E-state index in [-0.39, 0.29) is 5.91 Å². The highest BCUT2D eigenvalue weighted by Gasteiger charge is 2.33. The predicted octanol–water partition coefficient (Wildman–Crippen LogP) is 2.98. The molecule has 1 aliphatic rings. The first-order valence-electron chi connectivity index (χ1n) is 8.93. The molecule has 0 aliphatic carbocycles. The monoisotopic (exact) mass is 397 g/mol. The second kappa shape index (κ2) is 8.55. The molecule has 3 amide bonds. The first-order valence-corrected chi connectivity index (χ1v) is 8.93. The fourth-order valence-electron chi connectivity index (χ4n) is 3.23. The van der Waals surface area contributed by atoms with Gasteiger partial charge in [-0.15, -0.1) is 0 Å². The number of nitrogens with one attached hydrogen (secondary N) is 3. The summed E-state index contributed by atoms with van der Waals surface area (Å²) in [5.41, 5.74) is 1.91. The fraction of sp³-hybridized carbons (Fsp3) is 0.238. The van der Waals surface area contributed by atoms with Gasteiger partial charge >= 0.3 is 6.03 Å². The molecule has 1 aliphatic heterocycles. The van der Waals surface area contributed by atoms with Gasteiger partial charge in [0.05, 0.1) is 38.6 Å². The van der Waals surface area contributed by atoms with E-state index in [2.05, 4.69) is 16.0 Å². The predicted molar refractivity (Wildman–Crippen MR) is 108 cm³/mol. The Hall–Kier alpha value is -3.68. The summed E-state index contributed by atoms with van der Waals surface area (Å²) in [5, 5.41) is 8.31. The lowest BCUT2D eigenvalue weighted by atomic mass is 9.93. The van der Waals surface area contributed by atoms with Crippen molar-refractivity contribution in [3.63, 3.8) is 0 Å². The Morgan fingerprint density at radius 1 is 1.00 bits per heavy atom. The third-order valence-electron chi connectivity index (χ3n) is 4.62. The summed E-state index contributed by atoms with van der Waals surface area (Å²) in [6.07, 6.45) is 0. The molecule has 1 heterocycles.